The van der Waals surface area contributed by atoms with Gasteiger partial charge >= 0.3 is 5.97 Å². The lowest BCUT2D eigenvalue weighted by molar-refractivity contribution is -0.344. The fraction of sp³-hybridized carbons (Fsp3) is 0.720. The van der Waals surface area contributed by atoms with Gasteiger partial charge in [-0.2, -0.15) is 0 Å². The highest BCUT2D eigenvalue weighted by molar-refractivity contribution is 5.78. The van der Waals surface area contributed by atoms with Crippen LogP contribution in [0.2, 0.25) is 0 Å². The Morgan fingerprint density at radius 1 is 0.971 bits per heavy atom. The highest BCUT2D eigenvalue weighted by atomic mass is 16.9. The number of benzene rings is 1. The van der Waals surface area contributed by atoms with E-state index in [1.807, 2.05) is 58.9 Å². The molecule has 0 amide bonds. The topological polar surface area (TPSA) is 94.2 Å². The molecule has 194 valence electrons. The van der Waals surface area contributed by atoms with Gasteiger partial charge in [-0.3, -0.25) is 0 Å². The minimum absolute atomic E-state index is 0.210. The Morgan fingerprint density at radius 2 is 1.66 bits per heavy atom. The number of carbonyl (C=O) groups excluding carboxylic acids is 1. The summed E-state index contributed by atoms with van der Waals surface area (Å²) in [4.78, 5) is 19.1. The third-order valence-corrected chi connectivity index (χ3v) is 7.02. The van der Waals surface area contributed by atoms with E-state index in [0.29, 0.717) is 6.61 Å². The zero-order chi connectivity index (χ0) is 25.2. The van der Waals surface area contributed by atoms with Crippen molar-refractivity contribution in [1.82, 2.24) is 5.06 Å². The summed E-state index contributed by atoms with van der Waals surface area (Å²) in [7, 11) is 2.74. The number of nitrogens with zero attached hydrogens (tertiary/aromatic N) is 1. The van der Waals surface area contributed by atoms with Gasteiger partial charge in [0.2, 0.25) is 0 Å². The van der Waals surface area contributed by atoms with Crippen molar-refractivity contribution in [2.24, 2.45) is 0 Å². The van der Waals surface area contributed by atoms with Crippen LogP contribution in [0, 0.1) is 6.92 Å². The number of hydroxylamine groups is 2. The first-order valence-electron chi connectivity index (χ1n) is 12.0. The molecule has 4 saturated heterocycles. The third-order valence-electron chi connectivity index (χ3n) is 7.02. The molecule has 10 nitrogen and oxygen atoms in total. The Labute approximate surface area is 205 Å². The summed E-state index contributed by atoms with van der Waals surface area (Å²) in [6.45, 7) is 9.86. The first-order valence-corrected chi connectivity index (χ1v) is 12.0. The molecule has 4 aliphatic rings. The second-order valence-electron chi connectivity index (χ2n) is 10.5. The van der Waals surface area contributed by atoms with E-state index in [2.05, 4.69) is 0 Å². The van der Waals surface area contributed by atoms with Crippen molar-refractivity contribution in [3.05, 3.63) is 35.4 Å². The molecule has 10 heteroatoms. The van der Waals surface area contributed by atoms with Gasteiger partial charge in [0.05, 0.1) is 19.8 Å². The van der Waals surface area contributed by atoms with E-state index < -0.39 is 47.9 Å². The van der Waals surface area contributed by atoms with Crippen LogP contribution in [-0.4, -0.2) is 79.9 Å². The van der Waals surface area contributed by atoms with Crippen LogP contribution in [0.15, 0.2) is 24.3 Å². The number of fused-ring (bicyclic) bond motifs is 1. The third kappa shape index (κ3) is 4.40. The van der Waals surface area contributed by atoms with Gasteiger partial charge in [0.1, 0.15) is 24.4 Å². The molecule has 0 spiro atoms. The summed E-state index contributed by atoms with van der Waals surface area (Å²) in [6, 6.07) is 7.68. The lowest BCUT2D eigenvalue weighted by atomic mass is 9.98. The van der Waals surface area contributed by atoms with Crippen molar-refractivity contribution in [3.8, 4) is 0 Å². The van der Waals surface area contributed by atoms with Gasteiger partial charge in [0, 0.05) is 13.5 Å². The van der Waals surface area contributed by atoms with Gasteiger partial charge in [-0.1, -0.05) is 29.8 Å². The maximum Gasteiger partial charge on any atom is 0.368 e. The lowest BCUT2D eigenvalue weighted by Crippen LogP contribution is -2.47. The van der Waals surface area contributed by atoms with Gasteiger partial charge in [-0.25, -0.2) is 9.63 Å². The summed E-state index contributed by atoms with van der Waals surface area (Å²) >= 11 is 0. The lowest BCUT2D eigenvalue weighted by Gasteiger charge is -2.33. The summed E-state index contributed by atoms with van der Waals surface area (Å²) in [5.41, 5.74) is 2.07. The molecule has 0 saturated carbocycles. The predicted octanol–water partition coefficient (Wildman–Crippen LogP) is 2.59. The molecular formula is C25H35NO9. The normalized spacial score (nSPS) is 40.2. The number of esters is 1. The number of hydrogen-bond acceptors (Lipinski definition) is 10. The van der Waals surface area contributed by atoms with Crippen molar-refractivity contribution in [1.29, 1.82) is 0 Å². The molecule has 35 heavy (non-hydrogen) atoms. The van der Waals surface area contributed by atoms with Crippen molar-refractivity contribution in [3.63, 3.8) is 0 Å². The molecule has 1 unspecified atom stereocenters. The van der Waals surface area contributed by atoms with Gasteiger partial charge < -0.3 is 33.2 Å². The molecule has 1 aromatic carbocycles. The second kappa shape index (κ2) is 8.74. The SMILES string of the molecule is COC(=O)[C@@]1(OC)C[C@H](c2ccc(C)cc2)N([C@@H]2O[C@@H](C3COC(C)(C)O3)[C@H]3OC(C)(C)O[C@H]32)O1. The van der Waals surface area contributed by atoms with E-state index in [0.717, 1.165) is 11.1 Å². The minimum Gasteiger partial charge on any atom is -0.465 e. The maximum absolute atomic E-state index is 12.8. The molecule has 4 aliphatic heterocycles. The fourth-order valence-electron chi connectivity index (χ4n) is 5.37. The van der Waals surface area contributed by atoms with Crippen LogP contribution in [0.3, 0.4) is 0 Å². The Bertz CT molecular complexity index is 951. The first-order chi connectivity index (χ1) is 16.5. The van der Waals surface area contributed by atoms with Gasteiger partial charge in [0.25, 0.3) is 5.79 Å². The number of carbonyl (C=O) groups is 1. The highest BCUT2D eigenvalue weighted by Gasteiger charge is 2.64. The van der Waals surface area contributed by atoms with Gasteiger partial charge in [0.15, 0.2) is 17.8 Å². The molecule has 0 radical (unpaired) electrons. The fourth-order valence-corrected chi connectivity index (χ4v) is 5.37. The van der Waals surface area contributed by atoms with E-state index in [4.69, 9.17) is 38.0 Å². The summed E-state index contributed by atoms with van der Waals surface area (Å²) < 4.78 is 41.7. The zero-order valence-corrected chi connectivity index (χ0v) is 21.3. The van der Waals surface area contributed by atoms with E-state index in [9.17, 15) is 4.79 Å². The number of ether oxygens (including phenoxy) is 7. The number of aryl methyl sites for hydroxylation is 1. The average Bonchev–Trinajstić information content (AvgIpc) is 3.53. The number of methoxy groups -OCH3 is 2. The molecular weight excluding hydrogens is 458 g/mol. The van der Waals surface area contributed by atoms with E-state index >= 15 is 0 Å². The smallest absolute Gasteiger partial charge is 0.368 e. The maximum atomic E-state index is 12.8. The molecule has 4 heterocycles. The van der Waals surface area contributed by atoms with Crippen LogP contribution in [0.25, 0.3) is 0 Å². The van der Waals surface area contributed by atoms with Crippen LogP contribution in [0.4, 0.5) is 0 Å². The number of hydrogen-bond donors (Lipinski definition) is 0. The summed E-state index contributed by atoms with van der Waals surface area (Å²) in [5, 5.41) is 1.66. The molecule has 0 aromatic heterocycles. The standard InChI is InChI=1S/C25H35NO9/c1-14-8-10-15(11-9-14)16-12-25(29-7,22(27)28-6)35-26(16)21-20-19(33-24(4,5)34-20)18(31-21)17-13-30-23(2,3)32-17/h8-11,16-21H,12-13H2,1-7H3/t16-,17?,18+,19-,20-,21-,25-/m1/s1. The van der Waals surface area contributed by atoms with Crippen LogP contribution >= 0.6 is 0 Å². The van der Waals surface area contributed by atoms with Crippen LogP contribution in [0.5, 0.6) is 0 Å². The summed E-state index contributed by atoms with van der Waals surface area (Å²) in [6.07, 6.45) is -2.23. The predicted molar refractivity (Wildman–Crippen MR) is 121 cm³/mol. The molecule has 0 bridgehead atoms. The zero-order valence-electron chi connectivity index (χ0n) is 21.3. The van der Waals surface area contributed by atoms with E-state index in [-0.39, 0.29) is 18.6 Å². The highest BCUT2D eigenvalue weighted by Crippen LogP contribution is 2.49. The van der Waals surface area contributed by atoms with E-state index in [1.54, 1.807) is 5.06 Å². The molecule has 1 aromatic rings. The average molecular weight is 494 g/mol. The first kappa shape index (κ1) is 25.0. The monoisotopic (exact) mass is 493 g/mol. The van der Waals surface area contributed by atoms with Gasteiger partial charge in [-0.15, -0.1) is 5.06 Å². The number of rotatable bonds is 5. The van der Waals surface area contributed by atoms with Crippen molar-refractivity contribution in [2.45, 2.75) is 95.1 Å². The molecule has 0 aliphatic carbocycles. The Hall–Kier alpha value is -1.63. The molecule has 7 atom stereocenters. The minimum atomic E-state index is -1.62. The Morgan fingerprint density at radius 3 is 2.26 bits per heavy atom. The Balaban J connectivity index is 1.50. The van der Waals surface area contributed by atoms with Crippen molar-refractivity contribution < 1.29 is 42.8 Å². The van der Waals surface area contributed by atoms with Gasteiger partial charge in [-0.05, 0) is 40.2 Å². The van der Waals surface area contributed by atoms with E-state index in [1.165, 1.54) is 14.2 Å². The van der Waals surface area contributed by atoms with Crippen LogP contribution < -0.4 is 0 Å². The Kier molecular flexibility index (Phi) is 6.25. The largest absolute Gasteiger partial charge is 0.465 e. The van der Waals surface area contributed by atoms with Crippen molar-refractivity contribution in [2.75, 3.05) is 20.8 Å². The molecule has 0 N–H and O–H groups in total. The quantitative estimate of drug-likeness (QED) is 0.570. The van der Waals surface area contributed by atoms with Crippen LogP contribution in [0.1, 0.15) is 51.3 Å². The second-order valence-corrected chi connectivity index (χ2v) is 10.5. The molecule has 5 rings (SSSR count). The molecule has 4 fully saturated rings. The van der Waals surface area contributed by atoms with Crippen molar-refractivity contribution >= 4 is 5.97 Å². The summed E-state index contributed by atoms with van der Waals surface area (Å²) in [5.74, 6) is -3.79. The van der Waals surface area contributed by atoms with Crippen LogP contribution in [-0.2, 0) is 42.8 Å².